The lowest BCUT2D eigenvalue weighted by molar-refractivity contribution is -0.137. The Bertz CT molecular complexity index is 781. The van der Waals surface area contributed by atoms with Gasteiger partial charge in [0.1, 0.15) is 11.6 Å². The molecular formula is C16H13ClF4N2O2. The number of hydrogen-bond acceptors (Lipinski definition) is 2. The average Bonchev–Trinajstić information content (AvgIpc) is 2.52. The normalized spacial score (nSPS) is 11.1. The van der Waals surface area contributed by atoms with Crippen LogP contribution in [-0.2, 0) is 12.7 Å². The van der Waals surface area contributed by atoms with Gasteiger partial charge in [0, 0.05) is 11.6 Å². The van der Waals surface area contributed by atoms with Crippen molar-refractivity contribution in [3.63, 3.8) is 0 Å². The van der Waals surface area contributed by atoms with Crippen molar-refractivity contribution in [2.24, 2.45) is 0 Å². The highest BCUT2D eigenvalue weighted by Gasteiger charge is 2.31. The van der Waals surface area contributed by atoms with Crippen LogP contribution < -0.4 is 15.4 Å². The quantitative estimate of drug-likeness (QED) is 0.751. The number of rotatable bonds is 4. The molecule has 0 aromatic heterocycles. The van der Waals surface area contributed by atoms with E-state index in [2.05, 4.69) is 10.6 Å². The van der Waals surface area contributed by atoms with Crippen molar-refractivity contribution < 1.29 is 27.1 Å². The first-order chi connectivity index (χ1) is 11.7. The van der Waals surface area contributed by atoms with Crippen LogP contribution in [0.15, 0.2) is 36.4 Å². The molecule has 9 heteroatoms. The summed E-state index contributed by atoms with van der Waals surface area (Å²) in [4.78, 5) is 11.9. The van der Waals surface area contributed by atoms with Gasteiger partial charge in [-0.25, -0.2) is 9.18 Å². The summed E-state index contributed by atoms with van der Waals surface area (Å²) in [5.41, 5.74) is -0.871. The number of alkyl halides is 3. The number of anilines is 1. The molecule has 0 heterocycles. The fourth-order valence-electron chi connectivity index (χ4n) is 2.04. The number of urea groups is 1. The minimum atomic E-state index is -4.67. The predicted octanol–water partition coefficient (Wildman–Crippen LogP) is 4.83. The van der Waals surface area contributed by atoms with E-state index in [0.29, 0.717) is 16.8 Å². The van der Waals surface area contributed by atoms with Gasteiger partial charge < -0.3 is 15.4 Å². The van der Waals surface area contributed by atoms with Crippen molar-refractivity contribution in [3.8, 4) is 5.75 Å². The number of ether oxygens (including phenoxy) is 1. The van der Waals surface area contributed by atoms with Crippen LogP contribution >= 0.6 is 11.6 Å². The van der Waals surface area contributed by atoms with Gasteiger partial charge in [-0.15, -0.1) is 0 Å². The maximum absolute atomic E-state index is 13.3. The summed E-state index contributed by atoms with van der Waals surface area (Å²) in [7, 11) is 1.40. The van der Waals surface area contributed by atoms with E-state index < -0.39 is 23.6 Å². The van der Waals surface area contributed by atoms with Crippen molar-refractivity contribution in [3.05, 3.63) is 58.4 Å². The van der Waals surface area contributed by atoms with Gasteiger partial charge in [-0.1, -0.05) is 11.6 Å². The monoisotopic (exact) mass is 376 g/mol. The zero-order chi connectivity index (χ0) is 18.6. The molecule has 2 rings (SSSR count). The van der Waals surface area contributed by atoms with Gasteiger partial charge in [-0.3, -0.25) is 0 Å². The molecule has 0 aliphatic carbocycles. The second-order valence-corrected chi connectivity index (χ2v) is 5.43. The first-order valence-electron chi connectivity index (χ1n) is 6.94. The first-order valence-corrected chi connectivity index (χ1v) is 7.32. The number of methoxy groups -OCH3 is 1. The smallest absolute Gasteiger partial charge is 0.416 e. The number of hydrogen-bond donors (Lipinski definition) is 2. The number of halogens is 5. The van der Waals surface area contributed by atoms with Crippen LogP contribution in [0.4, 0.5) is 28.0 Å². The topological polar surface area (TPSA) is 50.4 Å². The highest BCUT2D eigenvalue weighted by molar-refractivity contribution is 6.31. The Hall–Kier alpha value is -2.48. The fraction of sp³-hybridized carbons (Fsp3) is 0.188. The number of carbonyl (C=O) groups is 1. The van der Waals surface area contributed by atoms with E-state index in [1.54, 1.807) is 12.1 Å². The molecule has 0 aliphatic heterocycles. The Balaban J connectivity index is 2.06. The number of amides is 2. The van der Waals surface area contributed by atoms with Gasteiger partial charge in [0.15, 0.2) is 0 Å². The van der Waals surface area contributed by atoms with E-state index >= 15 is 0 Å². The molecule has 0 bridgehead atoms. The molecule has 0 saturated carbocycles. The molecule has 134 valence electrons. The number of carbonyl (C=O) groups excluding carboxylic acids is 1. The Morgan fingerprint density at radius 2 is 1.92 bits per heavy atom. The Kier molecular flexibility index (Phi) is 5.73. The summed E-state index contributed by atoms with van der Waals surface area (Å²) in [6.45, 7) is -0.296. The Morgan fingerprint density at radius 1 is 1.20 bits per heavy atom. The molecule has 2 N–H and O–H groups in total. The molecule has 0 radical (unpaired) electrons. The Morgan fingerprint density at radius 3 is 2.56 bits per heavy atom. The zero-order valence-electron chi connectivity index (χ0n) is 12.9. The summed E-state index contributed by atoms with van der Waals surface area (Å²) in [6.07, 6.45) is -4.67. The van der Waals surface area contributed by atoms with Crippen LogP contribution in [0.3, 0.4) is 0 Å². The van der Waals surface area contributed by atoms with Crippen LogP contribution in [0.5, 0.6) is 5.75 Å². The molecule has 0 fully saturated rings. The summed E-state index contributed by atoms with van der Waals surface area (Å²) < 4.78 is 56.4. The first kappa shape index (κ1) is 18.9. The van der Waals surface area contributed by atoms with Gasteiger partial charge in [-0.05, 0) is 42.0 Å². The van der Waals surface area contributed by atoms with Crippen molar-refractivity contribution in [2.75, 3.05) is 12.4 Å². The lowest BCUT2D eigenvalue weighted by atomic mass is 10.1. The SMILES string of the molecule is COc1ccc(Cl)cc1NC(=O)NCc1cc(F)cc(C(F)(F)F)c1. The van der Waals surface area contributed by atoms with Crippen molar-refractivity contribution in [1.82, 2.24) is 5.32 Å². The van der Waals surface area contributed by atoms with Crippen molar-refractivity contribution in [1.29, 1.82) is 0 Å². The van der Waals surface area contributed by atoms with Crippen LogP contribution in [-0.4, -0.2) is 13.1 Å². The summed E-state index contributed by atoms with van der Waals surface area (Å²) >= 11 is 5.83. The van der Waals surface area contributed by atoms with E-state index in [1.165, 1.54) is 13.2 Å². The highest BCUT2D eigenvalue weighted by atomic mass is 35.5. The third-order valence-electron chi connectivity index (χ3n) is 3.15. The van der Waals surface area contributed by atoms with Crippen LogP contribution in [0.1, 0.15) is 11.1 Å². The predicted molar refractivity (Wildman–Crippen MR) is 85.3 cm³/mol. The van der Waals surface area contributed by atoms with Gasteiger partial charge in [0.25, 0.3) is 0 Å². The molecule has 0 saturated heterocycles. The molecule has 0 spiro atoms. The van der Waals surface area contributed by atoms with E-state index in [1.807, 2.05) is 0 Å². The van der Waals surface area contributed by atoms with E-state index in [4.69, 9.17) is 16.3 Å². The molecule has 0 unspecified atom stereocenters. The molecule has 2 aromatic carbocycles. The van der Waals surface area contributed by atoms with E-state index in [0.717, 1.165) is 12.1 Å². The summed E-state index contributed by atoms with van der Waals surface area (Å²) in [5, 5.41) is 5.16. The molecular weight excluding hydrogens is 364 g/mol. The van der Waals surface area contributed by atoms with Gasteiger partial charge >= 0.3 is 12.2 Å². The van der Waals surface area contributed by atoms with Gasteiger partial charge in [0.2, 0.25) is 0 Å². The van der Waals surface area contributed by atoms with Gasteiger partial charge in [0.05, 0.1) is 18.4 Å². The van der Waals surface area contributed by atoms with E-state index in [-0.39, 0.29) is 17.8 Å². The fourth-order valence-corrected chi connectivity index (χ4v) is 2.21. The average molecular weight is 377 g/mol. The highest BCUT2D eigenvalue weighted by Crippen LogP contribution is 2.30. The molecule has 0 atom stereocenters. The summed E-state index contributed by atoms with van der Waals surface area (Å²) in [6, 6.07) is 5.91. The van der Waals surface area contributed by atoms with Crippen LogP contribution in [0, 0.1) is 5.82 Å². The second kappa shape index (κ2) is 7.60. The maximum atomic E-state index is 13.3. The lowest BCUT2D eigenvalue weighted by Crippen LogP contribution is -2.28. The van der Waals surface area contributed by atoms with Crippen molar-refractivity contribution >= 4 is 23.3 Å². The lowest BCUT2D eigenvalue weighted by Gasteiger charge is -2.13. The molecule has 4 nitrogen and oxygen atoms in total. The van der Waals surface area contributed by atoms with E-state index in [9.17, 15) is 22.4 Å². The minimum absolute atomic E-state index is 0.0273. The van der Waals surface area contributed by atoms with Crippen LogP contribution in [0.25, 0.3) is 0 Å². The standard InChI is InChI=1S/C16H13ClF4N2O2/c1-25-14-3-2-11(17)7-13(14)23-15(24)22-8-9-4-10(16(19,20)21)6-12(18)5-9/h2-7H,8H2,1H3,(H2,22,23,24). The summed E-state index contributed by atoms with van der Waals surface area (Å²) in [5.74, 6) is -0.687. The largest absolute Gasteiger partial charge is 0.495 e. The third-order valence-corrected chi connectivity index (χ3v) is 3.38. The minimum Gasteiger partial charge on any atom is -0.495 e. The molecule has 2 amide bonds. The second-order valence-electron chi connectivity index (χ2n) is 5.00. The number of nitrogens with one attached hydrogen (secondary N) is 2. The molecule has 0 aliphatic rings. The van der Waals surface area contributed by atoms with Crippen molar-refractivity contribution in [2.45, 2.75) is 12.7 Å². The van der Waals surface area contributed by atoms with Gasteiger partial charge in [-0.2, -0.15) is 13.2 Å². The number of benzene rings is 2. The zero-order valence-corrected chi connectivity index (χ0v) is 13.6. The third kappa shape index (κ3) is 5.25. The Labute approximate surface area is 145 Å². The van der Waals surface area contributed by atoms with Crippen LogP contribution in [0.2, 0.25) is 5.02 Å². The molecule has 25 heavy (non-hydrogen) atoms. The maximum Gasteiger partial charge on any atom is 0.416 e. The molecule has 2 aromatic rings.